The fourth-order valence-electron chi connectivity index (χ4n) is 0.544. The molecule has 4 nitrogen and oxygen atoms in total. The molecule has 0 radical (unpaired) electrons. The molecule has 1 rings (SSSR count). The van der Waals surface area contributed by atoms with Crippen LogP contribution in [0.3, 0.4) is 0 Å². The van der Waals surface area contributed by atoms with Gasteiger partial charge in [0.2, 0.25) is 0 Å². The number of halogens is 1. The SMILES string of the molecule is COCOc1cc(CBr)on1. The molecule has 5 heteroatoms. The van der Waals surface area contributed by atoms with Gasteiger partial charge in [0.25, 0.3) is 5.88 Å². The molecule has 0 aliphatic rings. The van der Waals surface area contributed by atoms with Gasteiger partial charge in [-0.25, -0.2) is 0 Å². The Kier molecular flexibility index (Phi) is 3.38. The topological polar surface area (TPSA) is 44.5 Å². The smallest absolute Gasteiger partial charge is 0.256 e. The van der Waals surface area contributed by atoms with Gasteiger partial charge >= 0.3 is 0 Å². The highest BCUT2D eigenvalue weighted by atomic mass is 79.9. The maximum atomic E-state index is 4.99. The molecule has 0 saturated carbocycles. The van der Waals surface area contributed by atoms with Crippen LogP contribution in [0.2, 0.25) is 0 Å². The van der Waals surface area contributed by atoms with Crippen molar-refractivity contribution < 1.29 is 14.0 Å². The highest BCUT2D eigenvalue weighted by Gasteiger charge is 2.01. The van der Waals surface area contributed by atoms with E-state index in [-0.39, 0.29) is 6.79 Å². The van der Waals surface area contributed by atoms with Gasteiger partial charge in [-0.15, -0.1) is 0 Å². The van der Waals surface area contributed by atoms with Crippen molar-refractivity contribution in [2.75, 3.05) is 13.9 Å². The second-order valence-corrected chi connectivity index (χ2v) is 2.38. The fourth-order valence-corrected chi connectivity index (χ4v) is 0.809. The molecule has 0 spiro atoms. The Balaban J connectivity index is 2.44. The van der Waals surface area contributed by atoms with Crippen LogP contribution in [0.1, 0.15) is 5.76 Å². The zero-order chi connectivity index (χ0) is 8.10. The summed E-state index contributed by atoms with van der Waals surface area (Å²) in [5, 5.41) is 4.25. The second kappa shape index (κ2) is 4.35. The predicted molar refractivity (Wildman–Crippen MR) is 41.6 cm³/mol. The van der Waals surface area contributed by atoms with Gasteiger partial charge in [-0.1, -0.05) is 15.9 Å². The summed E-state index contributed by atoms with van der Waals surface area (Å²) in [5.74, 6) is 1.18. The fraction of sp³-hybridized carbons (Fsp3) is 0.500. The van der Waals surface area contributed by atoms with Crippen molar-refractivity contribution in [2.45, 2.75) is 5.33 Å². The number of alkyl halides is 1. The highest BCUT2D eigenvalue weighted by molar-refractivity contribution is 9.08. The van der Waals surface area contributed by atoms with Crippen LogP contribution < -0.4 is 4.74 Å². The van der Waals surface area contributed by atoms with Gasteiger partial charge in [0.1, 0.15) is 0 Å². The molecule has 1 heterocycles. The number of ether oxygens (including phenoxy) is 2. The lowest BCUT2D eigenvalue weighted by Crippen LogP contribution is -1.98. The molecule has 0 unspecified atom stereocenters. The zero-order valence-corrected chi connectivity index (χ0v) is 7.63. The monoisotopic (exact) mass is 221 g/mol. The molecule has 11 heavy (non-hydrogen) atoms. The molecule has 0 aromatic carbocycles. The van der Waals surface area contributed by atoms with Gasteiger partial charge in [0, 0.05) is 13.2 Å². The molecule has 0 aliphatic heterocycles. The van der Waals surface area contributed by atoms with Crippen LogP contribution in [0.15, 0.2) is 10.6 Å². The summed E-state index contributed by atoms with van der Waals surface area (Å²) in [5.41, 5.74) is 0. The quantitative estimate of drug-likeness (QED) is 0.572. The average Bonchev–Trinajstić information content (AvgIpc) is 2.48. The van der Waals surface area contributed by atoms with E-state index in [0.29, 0.717) is 11.2 Å². The van der Waals surface area contributed by atoms with Crippen molar-refractivity contribution in [1.82, 2.24) is 5.16 Å². The summed E-state index contributed by atoms with van der Waals surface area (Å²) in [6.45, 7) is 0.189. The van der Waals surface area contributed by atoms with E-state index in [2.05, 4.69) is 25.8 Å². The minimum absolute atomic E-state index is 0.189. The third-order valence-electron chi connectivity index (χ3n) is 0.994. The van der Waals surface area contributed by atoms with Gasteiger partial charge < -0.3 is 14.0 Å². The first-order valence-corrected chi connectivity index (χ1v) is 4.12. The molecule has 1 aromatic rings. The third-order valence-corrected chi connectivity index (χ3v) is 1.55. The first kappa shape index (κ1) is 8.55. The van der Waals surface area contributed by atoms with Crippen molar-refractivity contribution in [3.63, 3.8) is 0 Å². The first-order chi connectivity index (χ1) is 5.36. The van der Waals surface area contributed by atoms with Crippen LogP contribution >= 0.6 is 15.9 Å². The molecule has 0 N–H and O–H groups in total. The summed E-state index contributed by atoms with van der Waals surface area (Å²) in [4.78, 5) is 0. The van der Waals surface area contributed by atoms with Crippen molar-refractivity contribution >= 4 is 15.9 Å². The molecule has 0 amide bonds. The molecule has 62 valence electrons. The summed E-state index contributed by atoms with van der Waals surface area (Å²) < 4.78 is 14.5. The number of hydrogen-bond acceptors (Lipinski definition) is 4. The largest absolute Gasteiger partial charge is 0.448 e. The molecular weight excluding hydrogens is 214 g/mol. The van der Waals surface area contributed by atoms with Crippen molar-refractivity contribution in [1.29, 1.82) is 0 Å². The summed E-state index contributed by atoms with van der Waals surface area (Å²) in [6.07, 6.45) is 0. The van der Waals surface area contributed by atoms with E-state index < -0.39 is 0 Å². The summed E-state index contributed by atoms with van der Waals surface area (Å²) in [6, 6.07) is 1.70. The Bertz CT molecular complexity index is 213. The number of nitrogens with zero attached hydrogens (tertiary/aromatic N) is 1. The second-order valence-electron chi connectivity index (χ2n) is 1.82. The van der Waals surface area contributed by atoms with Crippen LogP contribution in [-0.2, 0) is 10.1 Å². The molecule has 0 fully saturated rings. The molecule has 0 aliphatic carbocycles. The first-order valence-electron chi connectivity index (χ1n) is 3.00. The van der Waals surface area contributed by atoms with Crippen LogP contribution in [0.25, 0.3) is 0 Å². The lowest BCUT2D eigenvalue weighted by atomic mass is 10.5. The Morgan fingerprint density at radius 1 is 1.73 bits per heavy atom. The van der Waals surface area contributed by atoms with Gasteiger partial charge in [-0.05, 0) is 5.16 Å². The third kappa shape index (κ3) is 2.51. The summed E-state index contributed by atoms with van der Waals surface area (Å²) >= 11 is 3.22. The van der Waals surface area contributed by atoms with E-state index in [1.807, 2.05) is 0 Å². The number of aromatic nitrogens is 1. The lowest BCUT2D eigenvalue weighted by Gasteiger charge is -1.96. The zero-order valence-electron chi connectivity index (χ0n) is 6.04. The van der Waals surface area contributed by atoms with Gasteiger partial charge in [-0.2, -0.15) is 0 Å². The van der Waals surface area contributed by atoms with Crippen molar-refractivity contribution in [3.8, 4) is 5.88 Å². The lowest BCUT2D eigenvalue weighted by molar-refractivity contribution is 0.0453. The Morgan fingerprint density at radius 2 is 2.55 bits per heavy atom. The average molecular weight is 222 g/mol. The maximum Gasteiger partial charge on any atom is 0.256 e. The molecule has 0 atom stereocenters. The van der Waals surface area contributed by atoms with Gasteiger partial charge in [0.05, 0.1) is 5.33 Å². The van der Waals surface area contributed by atoms with E-state index in [1.165, 1.54) is 0 Å². The predicted octanol–water partition coefficient (Wildman–Crippen LogP) is 1.55. The van der Waals surface area contributed by atoms with E-state index >= 15 is 0 Å². The Hall–Kier alpha value is -0.550. The standard InChI is InChI=1S/C6H8BrNO3/c1-9-4-10-6-2-5(3-7)11-8-6/h2H,3-4H2,1H3. The minimum Gasteiger partial charge on any atom is -0.448 e. The van der Waals surface area contributed by atoms with Crippen molar-refractivity contribution in [3.05, 3.63) is 11.8 Å². The maximum absolute atomic E-state index is 4.99. The van der Waals surface area contributed by atoms with Gasteiger partial charge in [0.15, 0.2) is 12.6 Å². The van der Waals surface area contributed by atoms with Crippen LogP contribution in [-0.4, -0.2) is 19.1 Å². The Labute approximate surface area is 72.6 Å². The van der Waals surface area contributed by atoms with Crippen molar-refractivity contribution in [2.24, 2.45) is 0 Å². The van der Waals surface area contributed by atoms with Crippen LogP contribution in [0, 0.1) is 0 Å². The van der Waals surface area contributed by atoms with E-state index in [1.54, 1.807) is 13.2 Å². The number of methoxy groups -OCH3 is 1. The van der Waals surface area contributed by atoms with Gasteiger partial charge in [-0.3, -0.25) is 0 Å². The van der Waals surface area contributed by atoms with E-state index in [4.69, 9.17) is 9.26 Å². The van der Waals surface area contributed by atoms with E-state index in [0.717, 1.165) is 5.76 Å². The molecular formula is C6H8BrNO3. The van der Waals surface area contributed by atoms with Crippen LogP contribution in [0.4, 0.5) is 0 Å². The highest BCUT2D eigenvalue weighted by Crippen LogP contribution is 2.13. The van der Waals surface area contributed by atoms with Crippen LogP contribution in [0.5, 0.6) is 5.88 Å². The summed E-state index contributed by atoms with van der Waals surface area (Å²) in [7, 11) is 1.55. The normalized spacial score (nSPS) is 10.0. The number of hydrogen-bond donors (Lipinski definition) is 0. The van der Waals surface area contributed by atoms with E-state index in [9.17, 15) is 0 Å². The molecule has 0 bridgehead atoms. The minimum atomic E-state index is 0.189. The number of rotatable bonds is 4. The Morgan fingerprint density at radius 3 is 3.09 bits per heavy atom. The molecule has 0 saturated heterocycles. The molecule has 1 aromatic heterocycles.